The van der Waals surface area contributed by atoms with Crippen molar-refractivity contribution < 1.29 is 24.9 Å². The fourth-order valence-electron chi connectivity index (χ4n) is 2.27. The van der Waals surface area contributed by atoms with Crippen LogP contribution in [-0.2, 0) is 6.42 Å². The molecule has 0 aliphatic carbocycles. The van der Waals surface area contributed by atoms with E-state index in [1.165, 1.54) is 0 Å². The summed E-state index contributed by atoms with van der Waals surface area (Å²) in [6.45, 7) is 0. The zero-order valence-electron chi connectivity index (χ0n) is 11.8. The Labute approximate surface area is 158 Å². The number of ether oxygens (including phenoxy) is 1. The summed E-state index contributed by atoms with van der Waals surface area (Å²) < 4.78 is 5.88. The quantitative estimate of drug-likeness (QED) is 0.739. The molecule has 5 nitrogen and oxygen atoms in total. The van der Waals surface area contributed by atoms with E-state index in [1.54, 1.807) is 0 Å². The van der Waals surface area contributed by atoms with Gasteiger partial charge in [0.25, 0.3) is 0 Å². The molecule has 0 amide bonds. The van der Waals surface area contributed by atoms with Gasteiger partial charge in [0.05, 0.1) is 6.10 Å². The van der Waals surface area contributed by atoms with Crippen LogP contribution in [0.2, 0.25) is 0 Å². The molecule has 2 aromatic carbocycles. The van der Waals surface area contributed by atoms with Crippen molar-refractivity contribution >= 4 is 43.9 Å². The summed E-state index contributed by atoms with van der Waals surface area (Å²) in [6, 6.07) is 17.8. The topological polar surface area (TPSA) is 92.7 Å². The molecule has 0 saturated carbocycles. The van der Waals surface area contributed by atoms with Crippen molar-refractivity contribution in [3.8, 4) is 5.75 Å². The molecule has 3 rings (SSSR count). The first-order valence-electron chi connectivity index (χ1n) is 6.43. The maximum Gasteiger partial charge on any atom is 2.00 e. The monoisotopic (exact) mass is 326 g/mol. The molecule has 0 aromatic heterocycles. The van der Waals surface area contributed by atoms with Crippen LogP contribution in [-0.4, -0.2) is 55.1 Å². The summed E-state index contributed by atoms with van der Waals surface area (Å²) in [4.78, 5) is 8.33. The first kappa shape index (κ1) is 18.8. The molecular formula is C16H14CaO5. The van der Waals surface area contributed by atoms with Gasteiger partial charge in [0.15, 0.2) is 0 Å². The van der Waals surface area contributed by atoms with E-state index in [4.69, 9.17) is 19.7 Å². The molecule has 2 unspecified atom stereocenters. The molecule has 2 atom stereocenters. The van der Waals surface area contributed by atoms with E-state index in [-0.39, 0.29) is 43.8 Å². The summed E-state index contributed by atoms with van der Waals surface area (Å²) in [5.41, 5.74) is 2.10. The van der Waals surface area contributed by atoms with Crippen LogP contribution in [0.5, 0.6) is 5.75 Å². The van der Waals surface area contributed by atoms with Crippen LogP contribution in [0, 0.1) is 0 Å². The molecule has 0 saturated heterocycles. The minimum Gasteiger partial charge on any atom is -0.652 e. The van der Waals surface area contributed by atoms with E-state index in [0.717, 1.165) is 16.9 Å². The van der Waals surface area contributed by atoms with Crippen LogP contribution in [0.15, 0.2) is 54.6 Å². The maximum absolute atomic E-state index is 10.1. The normalized spacial score (nSPS) is 18.6. The van der Waals surface area contributed by atoms with Gasteiger partial charge in [-0.15, -0.1) is 0 Å². The molecule has 22 heavy (non-hydrogen) atoms. The van der Waals surface area contributed by atoms with Crippen molar-refractivity contribution in [1.29, 1.82) is 0 Å². The third-order valence-electron chi connectivity index (χ3n) is 3.13. The molecular weight excluding hydrogens is 312 g/mol. The fourth-order valence-corrected chi connectivity index (χ4v) is 2.27. The Morgan fingerprint density at radius 2 is 1.59 bits per heavy atom. The van der Waals surface area contributed by atoms with Crippen molar-refractivity contribution in [2.75, 3.05) is 0 Å². The third-order valence-corrected chi connectivity index (χ3v) is 3.13. The Balaban J connectivity index is 0.000000436. The molecule has 110 valence electrons. The van der Waals surface area contributed by atoms with Crippen molar-refractivity contribution in [1.82, 2.24) is 0 Å². The van der Waals surface area contributed by atoms with Crippen molar-refractivity contribution in [2.45, 2.75) is 18.6 Å². The number of hydrogen-bond donors (Lipinski definition) is 1. The predicted molar refractivity (Wildman–Crippen MR) is 77.1 cm³/mol. The first-order chi connectivity index (χ1) is 10.1. The van der Waals surface area contributed by atoms with E-state index in [9.17, 15) is 5.11 Å². The molecule has 0 bridgehead atoms. The maximum atomic E-state index is 10.1. The Bertz CT molecular complexity index is 598. The SMILES string of the molecule is O=C([O-])[O-].OC1Cc2ccccc2OC1c1ccccc1.[Ca+2]. The average molecular weight is 326 g/mol. The molecule has 6 heteroatoms. The van der Waals surface area contributed by atoms with E-state index in [0.29, 0.717) is 6.42 Å². The number of benzene rings is 2. The van der Waals surface area contributed by atoms with Crippen molar-refractivity contribution in [3.05, 3.63) is 65.7 Å². The first-order valence-corrected chi connectivity index (χ1v) is 6.43. The molecule has 0 radical (unpaired) electrons. The number of rotatable bonds is 1. The molecule has 1 N–H and O–H groups in total. The second-order valence-electron chi connectivity index (χ2n) is 4.58. The number of fused-ring (bicyclic) bond motifs is 1. The number of carboxylic acid groups (broad SMARTS) is 2. The van der Waals surface area contributed by atoms with Gasteiger partial charge in [-0.3, -0.25) is 0 Å². The Morgan fingerprint density at radius 1 is 1.05 bits per heavy atom. The van der Waals surface area contributed by atoms with Gasteiger partial charge in [0.1, 0.15) is 11.9 Å². The van der Waals surface area contributed by atoms with Gasteiger partial charge < -0.3 is 24.9 Å². The summed E-state index contributed by atoms with van der Waals surface area (Å²) in [5, 5.41) is 26.8. The van der Waals surface area contributed by atoms with Gasteiger partial charge in [-0.1, -0.05) is 48.5 Å². The predicted octanol–water partition coefficient (Wildman–Crippen LogP) is -0.104. The minimum absolute atomic E-state index is 0. The molecule has 2 aromatic rings. The van der Waals surface area contributed by atoms with E-state index in [1.807, 2.05) is 54.6 Å². The van der Waals surface area contributed by atoms with Crippen LogP contribution >= 0.6 is 0 Å². The zero-order chi connectivity index (χ0) is 15.2. The van der Waals surface area contributed by atoms with Gasteiger partial charge in [-0.25, -0.2) is 0 Å². The van der Waals surface area contributed by atoms with Crippen LogP contribution < -0.4 is 14.9 Å². The fraction of sp³-hybridized carbons (Fsp3) is 0.188. The molecule has 1 aliphatic rings. The third kappa shape index (κ3) is 5.18. The number of aliphatic hydroxyl groups is 1. The summed E-state index contributed by atoms with van der Waals surface area (Å²) in [5.74, 6) is 0.881. The number of carbonyl (C=O) groups is 1. The Kier molecular flexibility index (Phi) is 7.68. The van der Waals surface area contributed by atoms with E-state index < -0.39 is 12.3 Å². The van der Waals surface area contributed by atoms with Gasteiger partial charge in [-0.2, -0.15) is 0 Å². The van der Waals surface area contributed by atoms with Crippen LogP contribution in [0.4, 0.5) is 4.79 Å². The molecule has 1 aliphatic heterocycles. The smallest absolute Gasteiger partial charge is 0.652 e. The molecule has 1 heterocycles. The zero-order valence-corrected chi connectivity index (χ0v) is 14.1. The largest absolute Gasteiger partial charge is 2.00 e. The van der Waals surface area contributed by atoms with Crippen LogP contribution in [0.3, 0.4) is 0 Å². The number of aliphatic hydroxyl groups excluding tert-OH is 1. The molecule has 0 fully saturated rings. The number of carbonyl (C=O) groups excluding carboxylic acids is 1. The van der Waals surface area contributed by atoms with E-state index >= 15 is 0 Å². The van der Waals surface area contributed by atoms with Crippen LogP contribution in [0.25, 0.3) is 0 Å². The summed E-state index contributed by atoms with van der Waals surface area (Å²) in [6.07, 6.45) is -2.42. The minimum atomic E-state index is -2.33. The average Bonchev–Trinajstić information content (AvgIpc) is 2.47. The number of para-hydroxylation sites is 1. The van der Waals surface area contributed by atoms with Gasteiger partial charge >= 0.3 is 37.7 Å². The van der Waals surface area contributed by atoms with Gasteiger partial charge in [0, 0.05) is 6.42 Å². The van der Waals surface area contributed by atoms with Crippen molar-refractivity contribution in [2.24, 2.45) is 0 Å². The Hall–Kier alpha value is -1.27. The summed E-state index contributed by atoms with van der Waals surface area (Å²) in [7, 11) is 0. The van der Waals surface area contributed by atoms with Crippen LogP contribution in [0.1, 0.15) is 17.2 Å². The van der Waals surface area contributed by atoms with Gasteiger partial charge in [-0.05, 0) is 23.3 Å². The second-order valence-corrected chi connectivity index (χ2v) is 4.58. The second kappa shape index (κ2) is 9.00. The van der Waals surface area contributed by atoms with Gasteiger partial charge in [0.2, 0.25) is 0 Å². The Morgan fingerprint density at radius 3 is 2.23 bits per heavy atom. The standard InChI is InChI=1S/C15H14O2.CH2O3.Ca/c16-13-10-12-8-4-5-9-14(12)17-15(13)11-6-2-1-3-7-11;2-1(3)4;/h1-9,13,15-16H,10H2;(H2,2,3,4);/q;;+2/p-2. The molecule has 0 spiro atoms. The number of hydrogen-bond acceptors (Lipinski definition) is 5. The summed E-state index contributed by atoms with van der Waals surface area (Å²) >= 11 is 0. The van der Waals surface area contributed by atoms with Crippen molar-refractivity contribution in [3.63, 3.8) is 0 Å². The van der Waals surface area contributed by atoms with E-state index in [2.05, 4.69) is 0 Å².